The van der Waals surface area contributed by atoms with Crippen LogP contribution in [0.2, 0.25) is 0 Å². The minimum Gasteiger partial charge on any atom is -0.386 e. The molecule has 0 fully saturated rings. The molecule has 0 rings (SSSR count). The summed E-state index contributed by atoms with van der Waals surface area (Å²) in [7, 11) is 0. The number of aliphatic hydroxyl groups excluding tert-OH is 1. The molecule has 0 aromatic rings. The van der Waals surface area contributed by atoms with Crippen LogP contribution in [-0.2, 0) is 4.79 Å². The van der Waals surface area contributed by atoms with Gasteiger partial charge in [0.25, 0.3) is 0 Å². The monoisotopic (exact) mass is 383 g/mol. The molecule has 0 bridgehead atoms. The van der Waals surface area contributed by atoms with Gasteiger partial charge in [-0.05, 0) is 82.6 Å². The predicted octanol–water partition coefficient (Wildman–Crippen LogP) is 6.31. The maximum atomic E-state index is 12.1. The molecule has 0 aromatic carbocycles. The molecule has 6 heteroatoms. The van der Waals surface area contributed by atoms with E-state index in [2.05, 4.69) is 81.1 Å². The van der Waals surface area contributed by atoms with Crippen LogP contribution in [0, 0.1) is 0 Å². The number of hydrogen-bond donors (Lipinski definition) is 2. The SMILES string of the molecule is C=C=C=C=C=C=C=C=C=C=C=C=C=C=C[C@H](O)[C@H](C)NC(=O)C(F)(F)F.[HH].[HH].[HH].[HH].[HH].[HH].[HH].[HH].[HH].[HH].[HH].[HH].[HH].[HH].[HH]. The van der Waals surface area contributed by atoms with Crippen LogP contribution in [0.15, 0.2) is 87.2 Å². The third kappa shape index (κ3) is 11.6. The summed E-state index contributed by atoms with van der Waals surface area (Å²) >= 11 is 0. The second kappa shape index (κ2) is 12.5. The van der Waals surface area contributed by atoms with E-state index in [-0.39, 0.29) is 21.4 Å². The molecule has 0 unspecified atom stereocenters. The quantitative estimate of drug-likeness (QED) is 0.561. The van der Waals surface area contributed by atoms with E-state index in [4.69, 9.17) is 0 Å². The summed E-state index contributed by atoms with van der Waals surface area (Å²) in [6.07, 6.45) is -5.41. The summed E-state index contributed by atoms with van der Waals surface area (Å²) in [6.45, 7) is 4.46. The number of rotatable bonds is 3. The third-order valence-corrected chi connectivity index (χ3v) is 2.17. The van der Waals surface area contributed by atoms with Crippen LogP contribution in [-0.4, -0.2) is 29.3 Å². The molecule has 26 heavy (non-hydrogen) atoms. The van der Waals surface area contributed by atoms with Gasteiger partial charge in [0, 0.05) is 21.4 Å². The van der Waals surface area contributed by atoms with Crippen molar-refractivity contribution in [3.05, 3.63) is 87.2 Å². The summed E-state index contributed by atoms with van der Waals surface area (Å²) in [5.74, 6) is -2.14. The van der Waals surface area contributed by atoms with E-state index in [9.17, 15) is 23.1 Å². The number of hydrogen-bond acceptors (Lipinski definition) is 2. The molecule has 0 heterocycles. The van der Waals surface area contributed by atoms with Crippen molar-refractivity contribution in [1.29, 1.82) is 0 Å². The molecule has 158 valence electrons. The van der Waals surface area contributed by atoms with Gasteiger partial charge in [-0.25, -0.2) is 0 Å². The van der Waals surface area contributed by atoms with Gasteiger partial charge >= 0.3 is 12.1 Å². The minimum atomic E-state index is -5.02. The Morgan fingerprint density at radius 1 is 1.00 bits per heavy atom. The Kier molecular flexibility index (Phi) is 10.6. The number of halogens is 3. The lowest BCUT2D eigenvalue weighted by Gasteiger charge is -2.17. The second-order valence-corrected chi connectivity index (χ2v) is 4.11. The van der Waals surface area contributed by atoms with Crippen LogP contribution >= 0.6 is 0 Å². The van der Waals surface area contributed by atoms with Gasteiger partial charge in [-0.2, -0.15) is 13.2 Å². The topological polar surface area (TPSA) is 49.3 Å². The molecule has 0 aliphatic carbocycles. The molecule has 3 nitrogen and oxygen atoms in total. The summed E-state index contributed by atoms with van der Waals surface area (Å²) < 4.78 is 36.2. The summed E-state index contributed by atoms with van der Waals surface area (Å²) in [4.78, 5) is 10.7. The first-order valence-corrected chi connectivity index (χ1v) is 6.70. The van der Waals surface area contributed by atoms with Crippen molar-refractivity contribution >= 4 is 5.91 Å². The molecular weight excluding hydrogens is 343 g/mol. The van der Waals surface area contributed by atoms with Gasteiger partial charge in [-0.3, -0.25) is 4.79 Å². The van der Waals surface area contributed by atoms with Crippen LogP contribution in [0.1, 0.15) is 28.3 Å². The Balaban J connectivity index is -0.0000000298. The summed E-state index contributed by atoms with van der Waals surface area (Å²) in [5.41, 5.74) is 30.8. The van der Waals surface area contributed by atoms with Gasteiger partial charge in [0.2, 0.25) is 0 Å². The highest BCUT2D eigenvalue weighted by Crippen LogP contribution is 2.14. The van der Waals surface area contributed by atoms with Crippen molar-refractivity contribution in [2.24, 2.45) is 0 Å². The molecule has 0 aliphatic rings. The Morgan fingerprint density at radius 3 is 1.85 bits per heavy atom. The summed E-state index contributed by atoms with van der Waals surface area (Å²) in [6, 6.07) is -1.17. The van der Waals surface area contributed by atoms with Crippen LogP contribution in [0.25, 0.3) is 0 Å². The fourth-order valence-corrected chi connectivity index (χ4v) is 1.01. The zero-order chi connectivity index (χ0) is 19.8. The van der Waals surface area contributed by atoms with E-state index in [1.165, 1.54) is 6.92 Å². The average molecular weight is 384 g/mol. The van der Waals surface area contributed by atoms with Crippen molar-refractivity contribution in [2.45, 2.75) is 25.2 Å². The molecule has 0 saturated carbocycles. The minimum absolute atomic E-state index is 0. The Labute approximate surface area is 169 Å². The summed E-state index contributed by atoms with van der Waals surface area (Å²) in [5, 5.41) is 11.1. The van der Waals surface area contributed by atoms with Crippen molar-refractivity contribution in [1.82, 2.24) is 5.32 Å². The first-order valence-electron chi connectivity index (χ1n) is 6.70. The molecular formula is C20H40F3NO2. The first kappa shape index (κ1) is 22.1. The van der Waals surface area contributed by atoms with Gasteiger partial charge in [-0.1, -0.05) is 11.5 Å². The lowest BCUT2D eigenvalue weighted by molar-refractivity contribution is -0.174. The van der Waals surface area contributed by atoms with Crippen molar-refractivity contribution < 1.29 is 44.5 Å². The largest absolute Gasteiger partial charge is 0.471 e. The number of carbonyl (C=O) groups excluding carboxylic acids is 1. The zero-order valence-corrected chi connectivity index (χ0v) is 13.4. The van der Waals surface area contributed by atoms with Crippen LogP contribution < -0.4 is 5.32 Å². The lowest BCUT2D eigenvalue weighted by Crippen LogP contribution is -2.46. The van der Waals surface area contributed by atoms with Crippen LogP contribution in [0.4, 0.5) is 13.2 Å². The van der Waals surface area contributed by atoms with E-state index in [0.717, 1.165) is 6.08 Å². The van der Waals surface area contributed by atoms with E-state index in [0.29, 0.717) is 0 Å². The van der Waals surface area contributed by atoms with Crippen molar-refractivity contribution in [3.63, 3.8) is 0 Å². The van der Waals surface area contributed by atoms with Gasteiger partial charge < -0.3 is 10.4 Å². The molecule has 0 aromatic heterocycles. The van der Waals surface area contributed by atoms with Gasteiger partial charge in [0.15, 0.2) is 0 Å². The molecule has 0 aliphatic heterocycles. The Hall–Kier alpha value is -3.90. The molecule has 0 saturated heterocycles. The van der Waals surface area contributed by atoms with Gasteiger partial charge in [0.1, 0.15) is 0 Å². The van der Waals surface area contributed by atoms with Crippen LogP contribution in [0.5, 0.6) is 0 Å². The fraction of sp³-hybridized carbons (Fsp3) is 0.200. The smallest absolute Gasteiger partial charge is 0.386 e. The number of aliphatic hydroxyl groups is 1. The standard InChI is InChI=1S/C20H10F3NO2.15H2/c1-3-4-5-6-7-8-9-10-11-12-13-14-15-16-18(25)17(2)24-19(26)20(21,22)23;;;;;;;;;;;;;;;/h16-18,25H,1H2,2H3,(H,24,26);15*1H/t17-,18-;;;;;;;;;;;;;;;/m0.............../s1. The highest BCUT2D eigenvalue weighted by Gasteiger charge is 2.39. The highest BCUT2D eigenvalue weighted by atomic mass is 19.4. The van der Waals surface area contributed by atoms with E-state index in [1.54, 1.807) is 5.32 Å². The zero-order valence-electron chi connectivity index (χ0n) is 13.4. The number of alkyl halides is 3. The van der Waals surface area contributed by atoms with E-state index < -0.39 is 24.2 Å². The van der Waals surface area contributed by atoms with Gasteiger partial charge in [0.05, 0.1) is 12.1 Å². The third-order valence-electron chi connectivity index (χ3n) is 2.17. The van der Waals surface area contributed by atoms with Crippen molar-refractivity contribution in [3.8, 4) is 0 Å². The Morgan fingerprint density at radius 2 is 1.42 bits per heavy atom. The average Bonchev–Trinajstić information content (AvgIpc) is 2.57. The molecule has 2 N–H and O–H groups in total. The maximum absolute atomic E-state index is 12.1. The maximum Gasteiger partial charge on any atom is 0.471 e. The lowest BCUT2D eigenvalue weighted by atomic mass is 10.2. The van der Waals surface area contributed by atoms with Gasteiger partial charge in [-0.15, -0.1) is 0 Å². The fourth-order valence-electron chi connectivity index (χ4n) is 1.01. The van der Waals surface area contributed by atoms with E-state index >= 15 is 0 Å². The number of nitrogens with one attached hydrogen (secondary N) is 1. The molecule has 0 radical (unpaired) electrons. The molecule has 2 atom stereocenters. The van der Waals surface area contributed by atoms with Crippen molar-refractivity contribution in [2.75, 3.05) is 0 Å². The number of carbonyl (C=O) groups is 1. The number of amides is 1. The normalized spacial score (nSPS) is 10.0. The second-order valence-electron chi connectivity index (χ2n) is 4.11. The van der Waals surface area contributed by atoms with E-state index in [1.807, 2.05) is 0 Å². The Bertz CT molecular complexity index is 1070. The highest BCUT2D eigenvalue weighted by molar-refractivity contribution is 5.81. The molecule has 1 amide bonds. The first-order chi connectivity index (χ1) is 12.3. The molecule has 0 spiro atoms. The van der Waals surface area contributed by atoms with Crippen LogP contribution in [0.3, 0.4) is 0 Å². The predicted molar refractivity (Wildman–Crippen MR) is 117 cm³/mol.